The van der Waals surface area contributed by atoms with Crippen molar-refractivity contribution in [2.24, 2.45) is 0 Å². The molecule has 1 aromatic rings. The minimum Gasteiger partial charge on any atom is -0.505 e. The van der Waals surface area contributed by atoms with Gasteiger partial charge in [0.05, 0.1) is 13.0 Å². The van der Waals surface area contributed by atoms with Gasteiger partial charge in [-0.2, -0.15) is 4.39 Å². The van der Waals surface area contributed by atoms with E-state index >= 15 is 0 Å². The first kappa shape index (κ1) is 12.3. The lowest BCUT2D eigenvalue weighted by Crippen LogP contribution is -2.10. The number of carboxylic acid groups (broad SMARTS) is 1. The van der Waals surface area contributed by atoms with Gasteiger partial charge in [-0.1, -0.05) is 6.92 Å². The van der Waals surface area contributed by atoms with Crippen molar-refractivity contribution < 1.29 is 24.1 Å². The summed E-state index contributed by atoms with van der Waals surface area (Å²) in [6.45, 7) is 1.70. The number of aromatic hydroxyl groups is 1. The third-order valence-electron chi connectivity index (χ3n) is 2.37. The molecule has 0 bridgehead atoms. The van der Waals surface area contributed by atoms with Crippen LogP contribution in [0, 0.1) is 5.82 Å². The predicted octanol–water partition coefficient (Wildman–Crippen LogP) is 2.12. The molecule has 16 heavy (non-hydrogen) atoms. The van der Waals surface area contributed by atoms with Gasteiger partial charge in [-0.3, -0.25) is 4.79 Å². The van der Waals surface area contributed by atoms with Crippen LogP contribution in [0.1, 0.15) is 24.8 Å². The molecule has 1 unspecified atom stereocenters. The number of halogens is 1. The van der Waals surface area contributed by atoms with Gasteiger partial charge in [-0.05, 0) is 24.1 Å². The third-order valence-corrected chi connectivity index (χ3v) is 2.37. The molecule has 5 heteroatoms. The number of benzene rings is 1. The maximum Gasteiger partial charge on any atom is 0.310 e. The fraction of sp³-hybridized carbons (Fsp3) is 0.364. The molecule has 0 fully saturated rings. The molecule has 1 aromatic carbocycles. The maximum absolute atomic E-state index is 13.2. The van der Waals surface area contributed by atoms with Crippen LogP contribution in [0.5, 0.6) is 11.5 Å². The number of phenols is 1. The highest BCUT2D eigenvalue weighted by Gasteiger charge is 2.21. The topological polar surface area (TPSA) is 66.8 Å². The van der Waals surface area contributed by atoms with Crippen molar-refractivity contribution in [1.82, 2.24) is 0 Å². The number of rotatable bonds is 4. The van der Waals surface area contributed by atoms with E-state index in [0.717, 1.165) is 6.07 Å². The second kappa shape index (κ2) is 4.83. The maximum atomic E-state index is 13.2. The Balaban J connectivity index is 3.24. The highest BCUT2D eigenvalue weighted by Crippen LogP contribution is 2.32. The van der Waals surface area contributed by atoms with E-state index in [1.807, 2.05) is 0 Å². The first-order valence-corrected chi connectivity index (χ1v) is 4.80. The highest BCUT2D eigenvalue weighted by molar-refractivity contribution is 5.76. The molecule has 0 saturated heterocycles. The number of methoxy groups -OCH3 is 1. The molecule has 0 aliphatic rings. The van der Waals surface area contributed by atoms with Crippen LogP contribution < -0.4 is 4.74 Å². The average Bonchev–Trinajstić information content (AvgIpc) is 2.23. The molecule has 2 N–H and O–H groups in total. The van der Waals surface area contributed by atoms with Crippen LogP contribution in [-0.2, 0) is 4.79 Å². The van der Waals surface area contributed by atoms with Crippen LogP contribution in [0.25, 0.3) is 0 Å². The molecule has 1 rings (SSSR count). The summed E-state index contributed by atoms with van der Waals surface area (Å²) >= 11 is 0. The lowest BCUT2D eigenvalue weighted by atomic mass is 9.96. The fourth-order valence-corrected chi connectivity index (χ4v) is 1.51. The van der Waals surface area contributed by atoms with E-state index in [-0.39, 0.29) is 5.75 Å². The van der Waals surface area contributed by atoms with Gasteiger partial charge in [0.2, 0.25) is 5.82 Å². The quantitative estimate of drug-likeness (QED) is 0.828. The third kappa shape index (κ3) is 2.24. The monoisotopic (exact) mass is 228 g/mol. The zero-order valence-corrected chi connectivity index (χ0v) is 9.03. The van der Waals surface area contributed by atoms with Gasteiger partial charge < -0.3 is 14.9 Å². The SMILES string of the molecule is CCC(C(=O)O)c1cc(O)c(F)c(OC)c1. The van der Waals surface area contributed by atoms with E-state index in [4.69, 9.17) is 9.84 Å². The molecule has 1 atom stereocenters. The van der Waals surface area contributed by atoms with Crippen LogP contribution in [-0.4, -0.2) is 23.3 Å². The van der Waals surface area contributed by atoms with Crippen molar-refractivity contribution in [2.75, 3.05) is 7.11 Å². The lowest BCUT2D eigenvalue weighted by Gasteiger charge is -2.12. The standard InChI is InChI=1S/C11H13FO4/c1-3-7(11(14)15)6-4-8(13)10(12)9(5-6)16-2/h4-5,7,13H,3H2,1-2H3,(H,14,15). The smallest absolute Gasteiger partial charge is 0.310 e. The Morgan fingerprint density at radius 1 is 1.56 bits per heavy atom. The molecule has 0 spiro atoms. The van der Waals surface area contributed by atoms with E-state index in [0.29, 0.717) is 12.0 Å². The molecule has 0 amide bonds. The lowest BCUT2D eigenvalue weighted by molar-refractivity contribution is -0.138. The van der Waals surface area contributed by atoms with Gasteiger partial charge in [0.25, 0.3) is 0 Å². The Morgan fingerprint density at radius 3 is 2.62 bits per heavy atom. The van der Waals surface area contributed by atoms with Crippen LogP contribution in [0.4, 0.5) is 4.39 Å². The fourth-order valence-electron chi connectivity index (χ4n) is 1.51. The number of carboxylic acids is 1. The van der Waals surface area contributed by atoms with Crippen molar-refractivity contribution in [1.29, 1.82) is 0 Å². The van der Waals surface area contributed by atoms with Crippen molar-refractivity contribution in [3.05, 3.63) is 23.5 Å². The average molecular weight is 228 g/mol. The summed E-state index contributed by atoms with van der Waals surface area (Å²) in [7, 11) is 1.25. The molecule has 0 saturated carbocycles. The molecule has 0 radical (unpaired) electrons. The van der Waals surface area contributed by atoms with Gasteiger partial charge in [-0.15, -0.1) is 0 Å². The van der Waals surface area contributed by atoms with E-state index in [1.54, 1.807) is 6.92 Å². The Kier molecular flexibility index (Phi) is 3.71. The summed E-state index contributed by atoms with van der Waals surface area (Å²) in [5.41, 5.74) is 0.325. The van der Waals surface area contributed by atoms with Gasteiger partial charge in [0.15, 0.2) is 11.5 Å². The predicted molar refractivity (Wildman–Crippen MR) is 55.3 cm³/mol. The molecule has 0 heterocycles. The van der Waals surface area contributed by atoms with Crippen LogP contribution >= 0.6 is 0 Å². The first-order valence-electron chi connectivity index (χ1n) is 4.80. The number of hydrogen-bond acceptors (Lipinski definition) is 3. The van der Waals surface area contributed by atoms with E-state index in [2.05, 4.69) is 0 Å². The zero-order chi connectivity index (χ0) is 12.3. The molecule has 4 nitrogen and oxygen atoms in total. The Bertz CT molecular complexity index is 403. The van der Waals surface area contributed by atoms with E-state index < -0.39 is 23.5 Å². The first-order chi connectivity index (χ1) is 7.51. The number of carbonyl (C=O) groups is 1. The normalized spacial score (nSPS) is 12.2. The largest absolute Gasteiger partial charge is 0.505 e. The number of hydrogen-bond donors (Lipinski definition) is 2. The number of ether oxygens (including phenoxy) is 1. The molecule has 88 valence electrons. The Labute approximate surface area is 92.3 Å². The molecule has 0 aromatic heterocycles. The van der Waals surface area contributed by atoms with Gasteiger partial charge in [-0.25, -0.2) is 0 Å². The second-order valence-corrected chi connectivity index (χ2v) is 3.36. The van der Waals surface area contributed by atoms with Crippen molar-refractivity contribution in [2.45, 2.75) is 19.3 Å². The highest BCUT2D eigenvalue weighted by atomic mass is 19.1. The molecule has 0 aliphatic heterocycles. The summed E-state index contributed by atoms with van der Waals surface area (Å²) in [6.07, 6.45) is 0.351. The molecular weight excluding hydrogens is 215 g/mol. The second-order valence-electron chi connectivity index (χ2n) is 3.36. The summed E-state index contributed by atoms with van der Waals surface area (Å²) in [4.78, 5) is 10.9. The van der Waals surface area contributed by atoms with Gasteiger partial charge in [0.1, 0.15) is 0 Å². The molecular formula is C11H13FO4. The van der Waals surface area contributed by atoms with E-state index in [1.165, 1.54) is 13.2 Å². The summed E-state index contributed by atoms with van der Waals surface area (Å²) in [5.74, 6) is -3.44. The van der Waals surface area contributed by atoms with Crippen LogP contribution in [0.2, 0.25) is 0 Å². The minimum atomic E-state index is -1.02. The Hall–Kier alpha value is -1.78. The van der Waals surface area contributed by atoms with Crippen LogP contribution in [0.3, 0.4) is 0 Å². The summed E-state index contributed by atoms with van der Waals surface area (Å²) in [5, 5.41) is 18.2. The Morgan fingerprint density at radius 2 is 2.19 bits per heavy atom. The summed E-state index contributed by atoms with van der Waals surface area (Å²) < 4.78 is 17.9. The number of phenolic OH excluding ortho intramolecular Hbond substituents is 1. The minimum absolute atomic E-state index is 0.158. The molecule has 0 aliphatic carbocycles. The van der Waals surface area contributed by atoms with Crippen molar-refractivity contribution in [3.8, 4) is 11.5 Å². The summed E-state index contributed by atoms with van der Waals surface area (Å²) in [6, 6.07) is 2.40. The van der Waals surface area contributed by atoms with Gasteiger partial charge in [0, 0.05) is 0 Å². The van der Waals surface area contributed by atoms with Crippen molar-refractivity contribution >= 4 is 5.97 Å². The van der Waals surface area contributed by atoms with Crippen LogP contribution in [0.15, 0.2) is 12.1 Å². The van der Waals surface area contributed by atoms with Crippen molar-refractivity contribution in [3.63, 3.8) is 0 Å². The van der Waals surface area contributed by atoms with Gasteiger partial charge >= 0.3 is 5.97 Å². The zero-order valence-electron chi connectivity index (χ0n) is 9.03. The van der Waals surface area contributed by atoms with E-state index in [9.17, 15) is 14.3 Å². The number of aliphatic carboxylic acids is 1.